The number of rotatable bonds is 5. The maximum atomic E-state index is 12.5. The first-order chi connectivity index (χ1) is 14.2. The Labute approximate surface area is 167 Å². The Hall–Kier alpha value is -3.55. The number of methoxy groups -OCH3 is 1. The monoisotopic (exact) mass is 393 g/mol. The number of carbonyl (C=O) groups is 1. The second kappa shape index (κ2) is 7.12. The van der Waals surface area contributed by atoms with Crippen LogP contribution in [-0.2, 0) is 11.3 Å². The Balaban J connectivity index is 1.28. The molecule has 2 aliphatic heterocycles. The van der Waals surface area contributed by atoms with E-state index >= 15 is 0 Å². The van der Waals surface area contributed by atoms with E-state index < -0.39 is 0 Å². The number of carbonyl (C=O) groups excluding carboxylic acids is 1. The molecule has 1 unspecified atom stereocenters. The zero-order valence-electron chi connectivity index (χ0n) is 15.8. The molecule has 0 saturated carbocycles. The molecule has 0 spiro atoms. The molecule has 2 aliphatic rings. The first-order valence-electron chi connectivity index (χ1n) is 9.34. The van der Waals surface area contributed by atoms with Gasteiger partial charge >= 0.3 is 0 Å². The summed E-state index contributed by atoms with van der Waals surface area (Å²) in [5.41, 5.74) is 1.81. The molecule has 0 aliphatic carbocycles. The van der Waals surface area contributed by atoms with Gasteiger partial charge in [0, 0.05) is 31.0 Å². The molecule has 29 heavy (non-hydrogen) atoms. The normalized spacial score (nSPS) is 17.8. The van der Waals surface area contributed by atoms with Gasteiger partial charge in [0.2, 0.25) is 12.7 Å². The summed E-state index contributed by atoms with van der Waals surface area (Å²) in [5, 5.41) is 4.11. The average Bonchev–Trinajstić information content (AvgIpc) is 3.48. The molecule has 148 valence electrons. The lowest BCUT2D eigenvalue weighted by Crippen LogP contribution is -2.24. The van der Waals surface area contributed by atoms with Crippen molar-refractivity contribution >= 4 is 5.91 Å². The fourth-order valence-corrected chi connectivity index (χ4v) is 3.61. The molecule has 1 saturated heterocycles. The van der Waals surface area contributed by atoms with Crippen LogP contribution in [0, 0.1) is 0 Å². The van der Waals surface area contributed by atoms with Crippen molar-refractivity contribution in [1.82, 2.24) is 15.0 Å². The van der Waals surface area contributed by atoms with Gasteiger partial charge in [0.25, 0.3) is 5.89 Å². The second-order valence-electron chi connectivity index (χ2n) is 7.05. The average molecular weight is 393 g/mol. The van der Waals surface area contributed by atoms with E-state index in [0.717, 1.165) is 22.6 Å². The topological polar surface area (TPSA) is 86.9 Å². The number of ether oxygens (including phenoxy) is 3. The minimum Gasteiger partial charge on any atom is -0.497 e. The van der Waals surface area contributed by atoms with Crippen LogP contribution in [-0.4, -0.2) is 41.4 Å². The van der Waals surface area contributed by atoms with Crippen molar-refractivity contribution in [1.29, 1.82) is 0 Å². The van der Waals surface area contributed by atoms with E-state index in [1.165, 1.54) is 0 Å². The zero-order valence-corrected chi connectivity index (χ0v) is 15.8. The highest BCUT2D eigenvalue weighted by molar-refractivity contribution is 5.79. The molecule has 8 heteroatoms. The molecule has 3 heterocycles. The summed E-state index contributed by atoms with van der Waals surface area (Å²) < 4.78 is 21.3. The summed E-state index contributed by atoms with van der Waals surface area (Å²) in [5.74, 6) is 3.18. The van der Waals surface area contributed by atoms with Gasteiger partial charge in [0.05, 0.1) is 7.11 Å². The zero-order chi connectivity index (χ0) is 19.8. The smallest absolute Gasteiger partial charge is 0.257 e. The Morgan fingerprint density at radius 2 is 1.97 bits per heavy atom. The number of likely N-dealkylation sites (tertiary alicyclic amines) is 1. The van der Waals surface area contributed by atoms with Crippen molar-refractivity contribution in [3.8, 4) is 28.7 Å². The van der Waals surface area contributed by atoms with Crippen LogP contribution in [0.15, 0.2) is 47.0 Å². The lowest BCUT2D eigenvalue weighted by Gasteiger charge is -2.16. The molecule has 0 radical (unpaired) electrons. The maximum Gasteiger partial charge on any atom is 0.257 e. The Kier molecular flexibility index (Phi) is 4.31. The summed E-state index contributed by atoms with van der Waals surface area (Å²) >= 11 is 0. The van der Waals surface area contributed by atoms with Crippen LogP contribution in [0.1, 0.15) is 23.7 Å². The van der Waals surface area contributed by atoms with E-state index in [4.69, 9.17) is 18.7 Å². The predicted molar refractivity (Wildman–Crippen MR) is 102 cm³/mol. The quantitative estimate of drug-likeness (QED) is 0.658. The molecule has 0 N–H and O–H groups in total. The molecule has 1 aromatic heterocycles. The number of benzene rings is 2. The van der Waals surface area contributed by atoms with E-state index in [9.17, 15) is 4.79 Å². The van der Waals surface area contributed by atoms with E-state index in [1.54, 1.807) is 7.11 Å². The number of fused-ring (bicyclic) bond motifs is 1. The molecule has 0 bridgehead atoms. The molecular weight excluding hydrogens is 374 g/mol. The van der Waals surface area contributed by atoms with Crippen LogP contribution >= 0.6 is 0 Å². The van der Waals surface area contributed by atoms with Gasteiger partial charge in [-0.1, -0.05) is 11.2 Å². The molecular formula is C21H19N3O5. The van der Waals surface area contributed by atoms with E-state index in [1.807, 2.05) is 47.4 Å². The van der Waals surface area contributed by atoms with Crippen molar-refractivity contribution in [3.05, 3.63) is 53.9 Å². The minimum atomic E-state index is -0.0905. The van der Waals surface area contributed by atoms with E-state index in [2.05, 4.69) is 10.1 Å². The SMILES string of the molecule is COc1ccc(-c2nc(C3CC(=O)N(Cc4ccc5c(c4)OCO5)C3)no2)cc1. The minimum absolute atomic E-state index is 0.0727. The molecule has 1 atom stereocenters. The van der Waals surface area contributed by atoms with Gasteiger partial charge in [-0.25, -0.2) is 0 Å². The summed E-state index contributed by atoms with van der Waals surface area (Å²) in [6, 6.07) is 13.1. The van der Waals surface area contributed by atoms with E-state index in [0.29, 0.717) is 37.0 Å². The maximum absolute atomic E-state index is 12.5. The number of aromatic nitrogens is 2. The highest BCUT2D eigenvalue weighted by atomic mass is 16.7. The summed E-state index contributed by atoms with van der Waals surface area (Å²) in [6.45, 7) is 1.29. The lowest BCUT2D eigenvalue weighted by atomic mass is 10.1. The summed E-state index contributed by atoms with van der Waals surface area (Å²) in [6.07, 6.45) is 0.367. The molecule has 1 amide bonds. The summed E-state index contributed by atoms with van der Waals surface area (Å²) in [7, 11) is 1.62. The van der Waals surface area contributed by atoms with Crippen LogP contribution < -0.4 is 14.2 Å². The van der Waals surface area contributed by atoms with Crippen LogP contribution in [0.5, 0.6) is 17.2 Å². The molecule has 5 rings (SSSR count). The van der Waals surface area contributed by atoms with Crippen molar-refractivity contribution in [2.75, 3.05) is 20.4 Å². The van der Waals surface area contributed by atoms with Crippen LogP contribution in [0.25, 0.3) is 11.5 Å². The molecule has 3 aromatic rings. The van der Waals surface area contributed by atoms with Gasteiger partial charge < -0.3 is 23.6 Å². The van der Waals surface area contributed by atoms with Crippen LogP contribution in [0.3, 0.4) is 0 Å². The van der Waals surface area contributed by atoms with Gasteiger partial charge in [0.1, 0.15) is 5.75 Å². The molecule has 1 fully saturated rings. The molecule has 8 nitrogen and oxygen atoms in total. The Morgan fingerprint density at radius 3 is 2.79 bits per heavy atom. The Bertz CT molecular complexity index is 1050. The third-order valence-electron chi connectivity index (χ3n) is 5.17. The standard InChI is InChI=1S/C21H19N3O5/c1-26-16-5-3-14(4-6-16)21-22-20(23-29-21)15-9-19(25)24(11-15)10-13-2-7-17-18(8-13)28-12-27-17/h2-8,15H,9-12H2,1H3. The second-order valence-corrected chi connectivity index (χ2v) is 7.05. The first kappa shape index (κ1) is 17.5. The van der Waals surface area contributed by atoms with Crippen molar-refractivity contribution < 1.29 is 23.5 Å². The largest absolute Gasteiger partial charge is 0.497 e. The fraction of sp³-hybridized carbons (Fsp3) is 0.286. The predicted octanol–water partition coefficient (Wildman–Crippen LogP) is 2.99. The number of amides is 1. The highest BCUT2D eigenvalue weighted by Crippen LogP contribution is 2.34. The third-order valence-corrected chi connectivity index (χ3v) is 5.17. The Morgan fingerprint density at radius 1 is 1.14 bits per heavy atom. The van der Waals surface area contributed by atoms with Crippen LogP contribution in [0.2, 0.25) is 0 Å². The van der Waals surface area contributed by atoms with Gasteiger partial charge in [-0.05, 0) is 42.0 Å². The molecule has 2 aromatic carbocycles. The third kappa shape index (κ3) is 3.37. The van der Waals surface area contributed by atoms with E-state index in [-0.39, 0.29) is 18.6 Å². The lowest BCUT2D eigenvalue weighted by molar-refractivity contribution is -0.128. The summed E-state index contributed by atoms with van der Waals surface area (Å²) in [4.78, 5) is 18.8. The van der Waals surface area contributed by atoms with Gasteiger partial charge in [-0.15, -0.1) is 0 Å². The van der Waals surface area contributed by atoms with Crippen LogP contribution in [0.4, 0.5) is 0 Å². The van der Waals surface area contributed by atoms with Gasteiger partial charge in [-0.3, -0.25) is 4.79 Å². The fourth-order valence-electron chi connectivity index (χ4n) is 3.61. The number of hydrogen-bond acceptors (Lipinski definition) is 7. The number of nitrogens with zero attached hydrogens (tertiary/aromatic N) is 3. The number of hydrogen-bond donors (Lipinski definition) is 0. The van der Waals surface area contributed by atoms with Gasteiger partial charge in [-0.2, -0.15) is 4.98 Å². The highest BCUT2D eigenvalue weighted by Gasteiger charge is 2.34. The van der Waals surface area contributed by atoms with Crippen molar-refractivity contribution in [2.45, 2.75) is 18.9 Å². The van der Waals surface area contributed by atoms with Gasteiger partial charge in [0.15, 0.2) is 17.3 Å². The van der Waals surface area contributed by atoms with Crippen molar-refractivity contribution in [2.24, 2.45) is 0 Å². The first-order valence-corrected chi connectivity index (χ1v) is 9.34. The van der Waals surface area contributed by atoms with Crippen molar-refractivity contribution in [3.63, 3.8) is 0 Å².